The Hall–Kier alpha value is -0.960. The van der Waals surface area contributed by atoms with E-state index in [1.807, 2.05) is 0 Å². The van der Waals surface area contributed by atoms with Gasteiger partial charge in [-0.1, -0.05) is 6.07 Å². The molecule has 0 radical (unpaired) electrons. The fraction of sp³-hybridized carbons (Fsp3) is 0.722. The molecule has 2 aliphatic heterocycles. The fourth-order valence-electron chi connectivity index (χ4n) is 3.79. The van der Waals surface area contributed by atoms with E-state index in [-0.39, 0.29) is 11.8 Å². The first kappa shape index (κ1) is 19.8. The number of carbonyl (C=O) groups excluding carboxylic acids is 1. The second-order valence-electron chi connectivity index (χ2n) is 7.44. The summed E-state index contributed by atoms with van der Waals surface area (Å²) in [6.07, 6.45) is 4.68. The smallest absolute Gasteiger partial charge is 0.252 e. The predicted molar refractivity (Wildman–Crippen MR) is 104 cm³/mol. The summed E-state index contributed by atoms with van der Waals surface area (Å²) in [5, 5.41) is 4.85. The van der Waals surface area contributed by atoms with E-state index in [4.69, 9.17) is 0 Å². The van der Waals surface area contributed by atoms with E-state index >= 15 is 0 Å². The lowest BCUT2D eigenvalue weighted by atomic mass is 9.93. The first-order valence-corrected chi connectivity index (χ1v) is 11.8. The molecule has 0 spiro atoms. The SMILES string of the molecule is CN1CCC(CCNC(=O)C2CCN(S(=O)(=O)c3cccs3)CC2)CC1. The van der Waals surface area contributed by atoms with Crippen molar-refractivity contribution < 1.29 is 13.2 Å². The Labute approximate surface area is 160 Å². The Morgan fingerprint density at radius 1 is 1.19 bits per heavy atom. The van der Waals surface area contributed by atoms with Crippen LogP contribution in [0.15, 0.2) is 21.7 Å². The van der Waals surface area contributed by atoms with Crippen LogP contribution in [0.1, 0.15) is 32.1 Å². The van der Waals surface area contributed by atoms with Gasteiger partial charge in [-0.25, -0.2) is 8.42 Å². The Balaban J connectivity index is 1.40. The van der Waals surface area contributed by atoms with E-state index < -0.39 is 10.0 Å². The number of hydrogen-bond acceptors (Lipinski definition) is 5. The first-order valence-electron chi connectivity index (χ1n) is 9.46. The summed E-state index contributed by atoms with van der Waals surface area (Å²) in [6, 6.07) is 3.39. The van der Waals surface area contributed by atoms with Crippen LogP contribution in [0.3, 0.4) is 0 Å². The Kier molecular flexibility index (Phi) is 6.71. The zero-order chi connectivity index (χ0) is 18.6. The molecule has 2 fully saturated rings. The van der Waals surface area contributed by atoms with Gasteiger partial charge in [0.2, 0.25) is 5.91 Å². The van der Waals surface area contributed by atoms with Gasteiger partial charge in [0.15, 0.2) is 0 Å². The number of likely N-dealkylation sites (tertiary alicyclic amines) is 1. The lowest BCUT2D eigenvalue weighted by molar-refractivity contribution is -0.126. The highest BCUT2D eigenvalue weighted by Crippen LogP contribution is 2.26. The minimum atomic E-state index is -3.39. The molecule has 3 rings (SSSR count). The third kappa shape index (κ3) is 4.85. The van der Waals surface area contributed by atoms with Crippen LogP contribution >= 0.6 is 11.3 Å². The average molecular weight is 400 g/mol. The molecule has 1 aromatic rings. The molecule has 0 unspecified atom stereocenters. The molecule has 0 aromatic carbocycles. The van der Waals surface area contributed by atoms with Crippen LogP contribution in [0.4, 0.5) is 0 Å². The normalized spacial score (nSPS) is 21.7. The third-order valence-electron chi connectivity index (χ3n) is 5.60. The largest absolute Gasteiger partial charge is 0.356 e. The Bertz CT molecular complexity index is 675. The molecule has 1 aromatic heterocycles. The van der Waals surface area contributed by atoms with Gasteiger partial charge in [0, 0.05) is 25.6 Å². The summed E-state index contributed by atoms with van der Waals surface area (Å²) >= 11 is 1.24. The van der Waals surface area contributed by atoms with Crippen molar-refractivity contribution in [3.8, 4) is 0 Å². The molecule has 1 N–H and O–H groups in total. The van der Waals surface area contributed by atoms with Crippen molar-refractivity contribution in [2.45, 2.75) is 36.3 Å². The van der Waals surface area contributed by atoms with E-state index in [1.165, 1.54) is 28.5 Å². The number of amides is 1. The number of nitrogens with zero attached hydrogens (tertiary/aromatic N) is 2. The quantitative estimate of drug-likeness (QED) is 0.794. The molecule has 26 heavy (non-hydrogen) atoms. The van der Waals surface area contributed by atoms with Crippen molar-refractivity contribution in [1.29, 1.82) is 0 Å². The van der Waals surface area contributed by atoms with E-state index in [1.54, 1.807) is 17.5 Å². The van der Waals surface area contributed by atoms with Crippen LogP contribution in [-0.4, -0.2) is 63.3 Å². The van der Waals surface area contributed by atoms with Gasteiger partial charge in [0.25, 0.3) is 10.0 Å². The molecule has 6 nitrogen and oxygen atoms in total. The Morgan fingerprint density at radius 2 is 1.88 bits per heavy atom. The van der Waals surface area contributed by atoms with Crippen LogP contribution < -0.4 is 5.32 Å². The summed E-state index contributed by atoms with van der Waals surface area (Å²) in [4.78, 5) is 14.7. The molecule has 8 heteroatoms. The van der Waals surface area contributed by atoms with Gasteiger partial charge in [-0.15, -0.1) is 11.3 Å². The van der Waals surface area contributed by atoms with Crippen molar-refractivity contribution in [3.63, 3.8) is 0 Å². The standard InChI is InChI=1S/C18H29N3O3S2/c1-20-10-5-15(6-11-20)4-9-19-18(22)16-7-12-21(13-8-16)26(23,24)17-3-2-14-25-17/h2-3,14-16H,4-13H2,1H3,(H,19,22). The summed E-state index contributed by atoms with van der Waals surface area (Å²) < 4.78 is 27.0. The van der Waals surface area contributed by atoms with E-state index in [0.717, 1.165) is 26.1 Å². The molecule has 0 atom stereocenters. The van der Waals surface area contributed by atoms with Gasteiger partial charge >= 0.3 is 0 Å². The Morgan fingerprint density at radius 3 is 2.50 bits per heavy atom. The summed E-state index contributed by atoms with van der Waals surface area (Å²) in [7, 11) is -1.23. The van der Waals surface area contributed by atoms with Crippen LogP contribution in [0, 0.1) is 11.8 Å². The highest BCUT2D eigenvalue weighted by molar-refractivity contribution is 7.91. The zero-order valence-electron chi connectivity index (χ0n) is 15.4. The van der Waals surface area contributed by atoms with Crippen LogP contribution in [0.25, 0.3) is 0 Å². The average Bonchev–Trinajstić information content (AvgIpc) is 3.19. The number of sulfonamides is 1. The molecule has 0 saturated carbocycles. The van der Waals surface area contributed by atoms with E-state index in [9.17, 15) is 13.2 Å². The van der Waals surface area contributed by atoms with Gasteiger partial charge in [-0.05, 0) is 69.6 Å². The van der Waals surface area contributed by atoms with Gasteiger partial charge in [-0.3, -0.25) is 4.79 Å². The molecule has 146 valence electrons. The van der Waals surface area contributed by atoms with E-state index in [2.05, 4.69) is 17.3 Å². The molecule has 1 amide bonds. The second kappa shape index (κ2) is 8.82. The highest BCUT2D eigenvalue weighted by Gasteiger charge is 2.32. The molecule has 2 aliphatic rings. The zero-order valence-corrected chi connectivity index (χ0v) is 17.0. The van der Waals surface area contributed by atoms with Crippen molar-refractivity contribution in [2.75, 3.05) is 39.8 Å². The summed E-state index contributed by atoms with van der Waals surface area (Å²) in [6.45, 7) is 3.88. The van der Waals surface area contributed by atoms with Gasteiger partial charge in [0.05, 0.1) is 0 Å². The van der Waals surface area contributed by atoms with Crippen molar-refractivity contribution >= 4 is 27.3 Å². The third-order valence-corrected chi connectivity index (χ3v) is 8.88. The van der Waals surface area contributed by atoms with Crippen molar-refractivity contribution in [3.05, 3.63) is 17.5 Å². The first-order chi connectivity index (χ1) is 12.5. The molecule has 0 bridgehead atoms. The second-order valence-corrected chi connectivity index (χ2v) is 10.5. The lowest BCUT2D eigenvalue weighted by Gasteiger charge is -2.31. The summed E-state index contributed by atoms with van der Waals surface area (Å²) in [5.41, 5.74) is 0. The minimum absolute atomic E-state index is 0.0673. The molecule has 3 heterocycles. The van der Waals surface area contributed by atoms with Gasteiger partial charge in [0.1, 0.15) is 4.21 Å². The monoisotopic (exact) mass is 399 g/mol. The number of thiophene rings is 1. The molecular weight excluding hydrogens is 370 g/mol. The number of rotatable bonds is 6. The topological polar surface area (TPSA) is 69.7 Å². The fourth-order valence-corrected chi connectivity index (χ4v) is 6.40. The minimum Gasteiger partial charge on any atom is -0.356 e. The molecule has 0 aliphatic carbocycles. The maximum absolute atomic E-state index is 12.5. The van der Waals surface area contributed by atoms with Crippen LogP contribution in [-0.2, 0) is 14.8 Å². The maximum atomic E-state index is 12.5. The summed E-state index contributed by atoms with van der Waals surface area (Å²) in [5.74, 6) is 0.734. The number of piperidine rings is 2. The maximum Gasteiger partial charge on any atom is 0.252 e. The van der Waals surface area contributed by atoms with E-state index in [0.29, 0.717) is 36.1 Å². The number of carbonyl (C=O) groups is 1. The van der Waals surface area contributed by atoms with Crippen LogP contribution in [0.5, 0.6) is 0 Å². The van der Waals surface area contributed by atoms with Gasteiger partial charge < -0.3 is 10.2 Å². The highest BCUT2D eigenvalue weighted by atomic mass is 32.2. The number of hydrogen-bond donors (Lipinski definition) is 1. The molecule has 2 saturated heterocycles. The van der Waals surface area contributed by atoms with Crippen molar-refractivity contribution in [2.24, 2.45) is 11.8 Å². The van der Waals surface area contributed by atoms with Crippen molar-refractivity contribution in [1.82, 2.24) is 14.5 Å². The molecular formula is C18H29N3O3S2. The van der Waals surface area contributed by atoms with Gasteiger partial charge in [-0.2, -0.15) is 4.31 Å². The predicted octanol–water partition coefficient (Wildman–Crippen LogP) is 2.00. The number of nitrogens with one attached hydrogen (secondary N) is 1. The lowest BCUT2D eigenvalue weighted by Crippen LogP contribution is -2.43. The van der Waals surface area contributed by atoms with Crippen LogP contribution in [0.2, 0.25) is 0 Å².